The van der Waals surface area contributed by atoms with E-state index in [2.05, 4.69) is 6.92 Å². The van der Waals surface area contributed by atoms with E-state index in [-0.39, 0.29) is 34.7 Å². The van der Waals surface area contributed by atoms with Crippen LogP contribution in [0.15, 0.2) is 30.3 Å². The minimum atomic E-state index is -4.45. The van der Waals surface area contributed by atoms with Gasteiger partial charge < -0.3 is 23.4 Å². The van der Waals surface area contributed by atoms with Gasteiger partial charge in [-0.15, -0.1) is 0 Å². The van der Waals surface area contributed by atoms with E-state index in [0.717, 1.165) is 12.8 Å². The van der Waals surface area contributed by atoms with Crippen LogP contribution in [0.2, 0.25) is 0 Å². The standard InChI is InChI=1S/C28H51O6P.Ag/c1-3-4-5-6-7-8-9-10-11-12-13-14-15-16-17-21-24-32-25-28(31-2)26-33-35(29,30)34-27-22-19-18-20-23-27;/h18-20,22-23,28H,3-17,21,24-26H2,1-2H3,(H,29,30);/q;+1/p-1. The summed E-state index contributed by atoms with van der Waals surface area (Å²) in [5.74, 6) is 0.222. The molecular formula is C28H50AgO6P. The molecule has 0 N–H and O–H groups in total. The van der Waals surface area contributed by atoms with Gasteiger partial charge in [0.2, 0.25) is 0 Å². The number of benzene rings is 1. The molecule has 0 heterocycles. The van der Waals surface area contributed by atoms with Gasteiger partial charge in [-0.3, -0.25) is 4.57 Å². The zero-order valence-corrected chi connectivity index (χ0v) is 25.0. The number of rotatable bonds is 25. The summed E-state index contributed by atoms with van der Waals surface area (Å²) in [6, 6.07) is 8.28. The van der Waals surface area contributed by atoms with Crippen molar-refractivity contribution in [3.63, 3.8) is 0 Å². The Hall–Kier alpha value is -0.170. The van der Waals surface area contributed by atoms with Gasteiger partial charge in [0, 0.05) is 13.7 Å². The van der Waals surface area contributed by atoms with Crippen molar-refractivity contribution >= 4 is 7.82 Å². The van der Waals surface area contributed by atoms with Gasteiger partial charge in [0.15, 0.2) is 0 Å². The molecule has 1 rings (SSSR count). The molecule has 0 aliphatic rings. The van der Waals surface area contributed by atoms with Crippen LogP contribution in [0.1, 0.15) is 110 Å². The van der Waals surface area contributed by atoms with Gasteiger partial charge >= 0.3 is 30.2 Å². The van der Waals surface area contributed by atoms with E-state index in [1.54, 1.807) is 30.3 Å². The van der Waals surface area contributed by atoms with Crippen molar-refractivity contribution in [2.45, 2.75) is 116 Å². The third-order valence-electron chi connectivity index (χ3n) is 6.16. The summed E-state index contributed by atoms with van der Waals surface area (Å²) in [6.07, 6.45) is 21.0. The van der Waals surface area contributed by atoms with Crippen LogP contribution in [0.3, 0.4) is 0 Å². The quantitative estimate of drug-likeness (QED) is 0.0629. The van der Waals surface area contributed by atoms with Crippen molar-refractivity contribution in [3.8, 4) is 5.75 Å². The molecule has 0 aliphatic heterocycles. The fourth-order valence-corrected chi connectivity index (χ4v) is 4.74. The van der Waals surface area contributed by atoms with Crippen molar-refractivity contribution in [1.29, 1.82) is 0 Å². The first-order valence-corrected chi connectivity index (χ1v) is 15.3. The number of unbranched alkanes of at least 4 members (excludes halogenated alkanes) is 15. The van der Waals surface area contributed by atoms with Gasteiger partial charge in [-0.25, -0.2) is 0 Å². The maximum atomic E-state index is 11.9. The number of methoxy groups -OCH3 is 1. The molecule has 1 aromatic carbocycles. The summed E-state index contributed by atoms with van der Waals surface area (Å²) in [7, 11) is -2.93. The zero-order valence-electron chi connectivity index (χ0n) is 22.6. The molecule has 6 nitrogen and oxygen atoms in total. The molecule has 0 aliphatic carbocycles. The molecule has 36 heavy (non-hydrogen) atoms. The summed E-state index contributed by atoms with van der Waals surface area (Å²) in [5, 5.41) is 0. The summed E-state index contributed by atoms with van der Waals surface area (Å²) < 4.78 is 32.7. The topological polar surface area (TPSA) is 77.1 Å². The van der Waals surface area contributed by atoms with Crippen LogP contribution in [0.25, 0.3) is 0 Å². The minimum absolute atomic E-state index is 0. The van der Waals surface area contributed by atoms with E-state index in [4.69, 9.17) is 18.5 Å². The number of para-hydroxylation sites is 1. The van der Waals surface area contributed by atoms with Gasteiger partial charge in [0.05, 0.1) is 13.2 Å². The SMILES string of the molecule is CCCCCCCCCCCCCCCCCCOCC(COP(=O)([O-])Oc1ccccc1)OC.[Ag+]. The summed E-state index contributed by atoms with van der Waals surface area (Å²) >= 11 is 0. The summed E-state index contributed by atoms with van der Waals surface area (Å²) in [6.45, 7) is 3.08. The predicted octanol–water partition coefficient (Wildman–Crippen LogP) is 7.84. The Balaban J connectivity index is 0.0000122. The van der Waals surface area contributed by atoms with Crippen molar-refractivity contribution in [2.24, 2.45) is 0 Å². The van der Waals surface area contributed by atoms with Crippen molar-refractivity contribution < 1.29 is 50.4 Å². The van der Waals surface area contributed by atoms with E-state index < -0.39 is 13.9 Å². The number of hydrogen-bond acceptors (Lipinski definition) is 6. The first-order valence-electron chi connectivity index (χ1n) is 13.9. The molecule has 0 aromatic heterocycles. The monoisotopic (exact) mass is 620 g/mol. The van der Waals surface area contributed by atoms with Gasteiger partial charge in [-0.05, 0) is 18.6 Å². The number of ether oxygens (including phenoxy) is 2. The molecule has 0 spiro atoms. The van der Waals surface area contributed by atoms with Crippen LogP contribution >= 0.6 is 7.82 Å². The maximum Gasteiger partial charge on any atom is 1.00 e. The number of hydrogen-bond donors (Lipinski definition) is 0. The van der Waals surface area contributed by atoms with Gasteiger partial charge in [-0.1, -0.05) is 121 Å². The van der Waals surface area contributed by atoms with Crippen LogP contribution < -0.4 is 9.42 Å². The largest absolute Gasteiger partial charge is 1.00 e. The second-order valence-corrected chi connectivity index (χ2v) is 10.7. The third kappa shape index (κ3) is 21.9. The molecule has 0 radical (unpaired) electrons. The molecular weight excluding hydrogens is 571 g/mol. The fraction of sp³-hybridized carbons (Fsp3) is 0.786. The minimum Gasteiger partial charge on any atom is -0.746 e. The Morgan fingerprint density at radius 2 is 1.22 bits per heavy atom. The summed E-state index contributed by atoms with van der Waals surface area (Å²) in [5.41, 5.74) is 0. The predicted molar refractivity (Wildman–Crippen MR) is 142 cm³/mol. The van der Waals surface area contributed by atoms with Gasteiger partial charge in [-0.2, -0.15) is 0 Å². The molecule has 0 saturated heterocycles. The Morgan fingerprint density at radius 1 is 0.750 bits per heavy atom. The van der Waals surface area contributed by atoms with Crippen molar-refractivity contribution in [2.75, 3.05) is 26.9 Å². The maximum absolute atomic E-state index is 11.9. The Kier molecular flexibility index (Phi) is 25.0. The molecule has 0 amide bonds. The van der Waals surface area contributed by atoms with Crippen LogP contribution in [0.5, 0.6) is 5.75 Å². The van der Waals surface area contributed by atoms with Crippen LogP contribution in [0, 0.1) is 0 Å². The second kappa shape index (κ2) is 25.1. The molecule has 0 fully saturated rings. The number of phosphoric acid groups is 1. The first kappa shape index (κ1) is 35.8. The molecule has 1 aromatic rings. The van der Waals surface area contributed by atoms with E-state index in [1.165, 1.54) is 97.0 Å². The molecule has 8 heteroatoms. The Morgan fingerprint density at radius 3 is 1.69 bits per heavy atom. The summed E-state index contributed by atoms with van der Waals surface area (Å²) in [4.78, 5) is 11.9. The molecule has 2 unspecified atom stereocenters. The first-order chi connectivity index (χ1) is 17.1. The molecule has 0 saturated carbocycles. The smallest absolute Gasteiger partial charge is 0.746 e. The van der Waals surface area contributed by atoms with Gasteiger partial charge in [0.25, 0.3) is 0 Å². The van der Waals surface area contributed by atoms with E-state index in [9.17, 15) is 9.46 Å². The average Bonchev–Trinajstić information content (AvgIpc) is 2.85. The van der Waals surface area contributed by atoms with E-state index >= 15 is 0 Å². The zero-order chi connectivity index (χ0) is 25.5. The van der Waals surface area contributed by atoms with Gasteiger partial charge in [0.1, 0.15) is 11.9 Å². The second-order valence-electron chi connectivity index (χ2n) is 9.38. The van der Waals surface area contributed by atoms with Crippen molar-refractivity contribution in [1.82, 2.24) is 0 Å². The Labute approximate surface area is 236 Å². The Bertz CT molecular complexity index is 634. The van der Waals surface area contributed by atoms with Crippen molar-refractivity contribution in [3.05, 3.63) is 30.3 Å². The van der Waals surface area contributed by atoms with E-state index in [1.807, 2.05) is 0 Å². The van der Waals surface area contributed by atoms with E-state index in [0.29, 0.717) is 13.2 Å². The van der Waals surface area contributed by atoms with Crippen LogP contribution in [-0.2, 0) is 40.9 Å². The number of phosphoric ester groups is 1. The molecule has 0 bridgehead atoms. The molecule has 214 valence electrons. The average molecular weight is 622 g/mol. The molecule has 2 atom stereocenters. The van der Waals surface area contributed by atoms with Crippen LogP contribution in [0.4, 0.5) is 0 Å². The normalized spacial score (nSPS) is 13.6. The van der Waals surface area contributed by atoms with Crippen LogP contribution in [-0.4, -0.2) is 33.0 Å². The third-order valence-corrected chi connectivity index (χ3v) is 7.06. The fourth-order valence-electron chi connectivity index (χ4n) is 3.96.